The second-order valence-electron chi connectivity index (χ2n) is 5.69. The van der Waals surface area contributed by atoms with Crippen LogP contribution >= 0.6 is 15.9 Å². The Balaban J connectivity index is 1.99. The molecule has 0 saturated heterocycles. The molecule has 0 aromatic heterocycles. The van der Waals surface area contributed by atoms with E-state index in [1.54, 1.807) is 13.8 Å². The minimum atomic E-state index is -0.316. The SMILES string of the molecule is Cc1ccc(NCC(=O)NN=Cc2c(C)c(Br)c(O)c(C)c2O)cc1. The smallest absolute Gasteiger partial charge is 0.259 e. The number of aromatic hydroxyl groups is 2. The number of rotatable bonds is 5. The van der Waals surface area contributed by atoms with Crippen LogP contribution < -0.4 is 10.7 Å². The number of carbonyl (C=O) groups is 1. The zero-order chi connectivity index (χ0) is 18.6. The van der Waals surface area contributed by atoms with Gasteiger partial charge in [-0.3, -0.25) is 4.79 Å². The van der Waals surface area contributed by atoms with E-state index in [-0.39, 0.29) is 24.0 Å². The van der Waals surface area contributed by atoms with Gasteiger partial charge in [-0.15, -0.1) is 0 Å². The van der Waals surface area contributed by atoms with E-state index in [0.717, 1.165) is 11.3 Å². The van der Waals surface area contributed by atoms with Crippen LogP contribution in [0.4, 0.5) is 5.69 Å². The van der Waals surface area contributed by atoms with Crippen LogP contribution in [-0.2, 0) is 4.79 Å². The molecule has 0 fully saturated rings. The summed E-state index contributed by atoms with van der Waals surface area (Å²) in [5, 5.41) is 26.9. The number of phenolic OH excluding ortho intramolecular Hbond substituents is 2. The molecule has 0 radical (unpaired) electrons. The maximum Gasteiger partial charge on any atom is 0.259 e. The Kier molecular flexibility index (Phi) is 6.03. The van der Waals surface area contributed by atoms with E-state index in [1.807, 2.05) is 31.2 Å². The number of nitrogens with one attached hydrogen (secondary N) is 2. The van der Waals surface area contributed by atoms with Crippen molar-refractivity contribution in [2.45, 2.75) is 20.8 Å². The highest BCUT2D eigenvalue weighted by atomic mass is 79.9. The highest BCUT2D eigenvalue weighted by molar-refractivity contribution is 9.10. The summed E-state index contributed by atoms with van der Waals surface area (Å²) in [5.41, 5.74) is 5.77. The molecule has 0 aliphatic rings. The third-order valence-corrected chi connectivity index (χ3v) is 4.76. The predicted octanol–water partition coefficient (Wildman–Crippen LogP) is 3.35. The van der Waals surface area contributed by atoms with Gasteiger partial charge < -0.3 is 15.5 Å². The summed E-state index contributed by atoms with van der Waals surface area (Å²) in [6.45, 7) is 5.39. The molecule has 0 heterocycles. The summed E-state index contributed by atoms with van der Waals surface area (Å²) < 4.78 is 0.483. The largest absolute Gasteiger partial charge is 0.507 e. The van der Waals surface area contributed by atoms with E-state index in [2.05, 4.69) is 31.8 Å². The van der Waals surface area contributed by atoms with Crippen LogP contribution in [0.3, 0.4) is 0 Å². The summed E-state index contributed by atoms with van der Waals surface area (Å²) in [7, 11) is 0. The summed E-state index contributed by atoms with van der Waals surface area (Å²) >= 11 is 3.27. The van der Waals surface area contributed by atoms with E-state index in [9.17, 15) is 15.0 Å². The number of phenols is 2. The summed E-state index contributed by atoms with van der Waals surface area (Å²) in [6, 6.07) is 7.69. The maximum absolute atomic E-state index is 11.8. The fourth-order valence-corrected chi connectivity index (χ4v) is 2.68. The van der Waals surface area contributed by atoms with Gasteiger partial charge in [0.15, 0.2) is 0 Å². The molecule has 7 heteroatoms. The van der Waals surface area contributed by atoms with Crippen LogP contribution in [0.2, 0.25) is 0 Å². The number of hydrazone groups is 1. The number of halogens is 1. The average molecular weight is 406 g/mol. The Morgan fingerprint density at radius 3 is 2.40 bits per heavy atom. The lowest BCUT2D eigenvalue weighted by Crippen LogP contribution is -2.25. The van der Waals surface area contributed by atoms with Gasteiger partial charge in [-0.1, -0.05) is 17.7 Å². The summed E-state index contributed by atoms with van der Waals surface area (Å²) in [6.07, 6.45) is 1.35. The quantitative estimate of drug-likeness (QED) is 0.453. The van der Waals surface area contributed by atoms with Crippen LogP contribution in [0.15, 0.2) is 33.8 Å². The van der Waals surface area contributed by atoms with E-state index in [0.29, 0.717) is 21.2 Å². The van der Waals surface area contributed by atoms with Gasteiger partial charge in [-0.2, -0.15) is 5.10 Å². The highest BCUT2D eigenvalue weighted by Gasteiger charge is 2.16. The molecular formula is C18H20BrN3O3. The molecule has 0 atom stereocenters. The molecule has 132 valence electrons. The van der Waals surface area contributed by atoms with E-state index in [1.165, 1.54) is 6.21 Å². The van der Waals surface area contributed by atoms with Crippen LogP contribution in [0.1, 0.15) is 22.3 Å². The van der Waals surface area contributed by atoms with Crippen molar-refractivity contribution >= 4 is 33.7 Å². The molecular weight excluding hydrogens is 386 g/mol. The fraction of sp³-hybridized carbons (Fsp3) is 0.222. The molecule has 4 N–H and O–H groups in total. The number of carbonyl (C=O) groups excluding carboxylic acids is 1. The molecule has 0 saturated carbocycles. The second-order valence-corrected chi connectivity index (χ2v) is 6.48. The van der Waals surface area contributed by atoms with Crippen molar-refractivity contribution in [2.24, 2.45) is 5.10 Å². The minimum absolute atomic E-state index is 0.0153. The average Bonchev–Trinajstić information content (AvgIpc) is 2.60. The third-order valence-electron chi connectivity index (χ3n) is 3.79. The number of nitrogens with zero attached hydrogens (tertiary/aromatic N) is 1. The number of hydrogen-bond donors (Lipinski definition) is 4. The van der Waals surface area contributed by atoms with Crippen molar-refractivity contribution in [3.8, 4) is 11.5 Å². The monoisotopic (exact) mass is 405 g/mol. The number of benzene rings is 2. The van der Waals surface area contributed by atoms with Crippen LogP contribution in [0.25, 0.3) is 0 Å². The molecule has 0 unspecified atom stereocenters. The Morgan fingerprint density at radius 2 is 1.76 bits per heavy atom. The van der Waals surface area contributed by atoms with Gasteiger partial charge in [0, 0.05) is 16.8 Å². The molecule has 0 spiro atoms. The van der Waals surface area contributed by atoms with E-state index < -0.39 is 0 Å². The van der Waals surface area contributed by atoms with Crippen LogP contribution in [0.5, 0.6) is 11.5 Å². The maximum atomic E-state index is 11.8. The second kappa shape index (κ2) is 8.02. The van der Waals surface area contributed by atoms with Gasteiger partial charge in [-0.25, -0.2) is 5.43 Å². The van der Waals surface area contributed by atoms with Crippen molar-refractivity contribution < 1.29 is 15.0 Å². The Bertz CT molecular complexity index is 788. The van der Waals surface area contributed by atoms with Crippen molar-refractivity contribution in [2.75, 3.05) is 11.9 Å². The van der Waals surface area contributed by atoms with Crippen LogP contribution in [0, 0.1) is 20.8 Å². The van der Waals surface area contributed by atoms with Gasteiger partial charge in [0.05, 0.1) is 17.2 Å². The lowest BCUT2D eigenvalue weighted by atomic mass is 10.0. The third kappa shape index (κ3) is 4.51. The zero-order valence-corrected chi connectivity index (χ0v) is 15.8. The first-order valence-corrected chi connectivity index (χ1v) is 8.43. The molecule has 25 heavy (non-hydrogen) atoms. The Hall–Kier alpha value is -2.54. The predicted molar refractivity (Wildman–Crippen MR) is 102 cm³/mol. The summed E-state index contributed by atoms with van der Waals surface area (Å²) in [4.78, 5) is 11.8. The van der Waals surface area contributed by atoms with Crippen LogP contribution in [-0.4, -0.2) is 28.9 Å². The lowest BCUT2D eigenvalue weighted by Gasteiger charge is -2.12. The van der Waals surface area contributed by atoms with Crippen molar-refractivity contribution in [1.29, 1.82) is 0 Å². The molecule has 0 aliphatic carbocycles. The molecule has 1 amide bonds. The van der Waals surface area contributed by atoms with Gasteiger partial charge in [0.1, 0.15) is 11.5 Å². The Labute approximate surface area is 154 Å². The number of aryl methyl sites for hydroxylation is 1. The number of amides is 1. The number of anilines is 1. The molecule has 2 aromatic rings. The van der Waals surface area contributed by atoms with E-state index in [4.69, 9.17) is 0 Å². The van der Waals surface area contributed by atoms with Crippen molar-refractivity contribution in [3.05, 3.63) is 51.0 Å². The molecule has 0 aliphatic heterocycles. The van der Waals surface area contributed by atoms with Crippen molar-refractivity contribution in [3.63, 3.8) is 0 Å². The topological polar surface area (TPSA) is 94.0 Å². The lowest BCUT2D eigenvalue weighted by molar-refractivity contribution is -0.119. The van der Waals surface area contributed by atoms with Gasteiger partial charge >= 0.3 is 0 Å². The molecule has 6 nitrogen and oxygen atoms in total. The molecule has 2 rings (SSSR count). The van der Waals surface area contributed by atoms with Crippen molar-refractivity contribution in [1.82, 2.24) is 5.43 Å². The first-order valence-electron chi connectivity index (χ1n) is 7.64. The number of hydrogen-bond acceptors (Lipinski definition) is 5. The molecule has 2 aromatic carbocycles. The summed E-state index contributed by atoms with van der Waals surface area (Å²) in [5.74, 6) is -0.406. The van der Waals surface area contributed by atoms with Gasteiger partial charge in [0.2, 0.25) is 0 Å². The Morgan fingerprint density at radius 1 is 1.12 bits per heavy atom. The minimum Gasteiger partial charge on any atom is -0.507 e. The van der Waals surface area contributed by atoms with E-state index >= 15 is 0 Å². The molecule has 0 bridgehead atoms. The van der Waals surface area contributed by atoms with Gasteiger partial charge in [0.25, 0.3) is 5.91 Å². The zero-order valence-electron chi connectivity index (χ0n) is 14.2. The highest BCUT2D eigenvalue weighted by Crippen LogP contribution is 2.39. The van der Waals surface area contributed by atoms with Gasteiger partial charge in [-0.05, 0) is 54.4 Å². The first-order chi connectivity index (χ1) is 11.8. The normalized spacial score (nSPS) is 10.9. The standard InChI is InChI=1S/C18H20BrN3O3/c1-10-4-6-13(7-5-10)20-9-15(23)22-21-8-14-11(2)16(19)18(25)12(3)17(14)24/h4-8,20,24-25H,9H2,1-3H3,(H,22,23). The fourth-order valence-electron chi connectivity index (χ4n) is 2.17. The first kappa shape index (κ1) is 18.8.